The number of piperidine rings is 1. The molecule has 3 heterocycles. The van der Waals surface area contributed by atoms with Gasteiger partial charge in [-0.05, 0) is 66.5 Å². The van der Waals surface area contributed by atoms with Crippen molar-refractivity contribution in [3.8, 4) is 0 Å². The Morgan fingerprint density at radius 2 is 1.89 bits per heavy atom. The molecule has 0 bridgehead atoms. The monoisotopic (exact) mass is 509 g/mol. The van der Waals surface area contributed by atoms with E-state index in [0.717, 1.165) is 48.9 Å². The molecule has 1 N–H and O–H groups in total. The van der Waals surface area contributed by atoms with E-state index in [2.05, 4.69) is 65.2 Å². The summed E-state index contributed by atoms with van der Waals surface area (Å²) in [6, 6.07) is 10.4. The van der Waals surface area contributed by atoms with Crippen LogP contribution in [0.5, 0.6) is 0 Å². The SMILES string of the molecule is CC(C)c1cccc2cnc(Nc3ccnc(N4CCC[C@H](C)C4)n3)cc12.CS(=O)(=O)CC1CCC1. The average Bonchev–Trinajstić information content (AvgIpc) is 2.81. The van der Waals surface area contributed by atoms with Crippen LogP contribution < -0.4 is 10.2 Å². The molecule has 1 saturated heterocycles. The summed E-state index contributed by atoms with van der Waals surface area (Å²) in [7, 11) is -2.68. The van der Waals surface area contributed by atoms with Crippen molar-refractivity contribution in [1.82, 2.24) is 15.0 Å². The minimum absolute atomic E-state index is 0.410. The number of anilines is 3. The molecule has 194 valence electrons. The number of sulfone groups is 1. The third kappa shape index (κ3) is 7.15. The Morgan fingerprint density at radius 1 is 1.08 bits per heavy atom. The Morgan fingerprint density at radius 3 is 2.53 bits per heavy atom. The number of pyridine rings is 1. The molecule has 1 atom stereocenters. The predicted molar refractivity (Wildman–Crippen MR) is 149 cm³/mol. The van der Waals surface area contributed by atoms with Crippen LogP contribution >= 0.6 is 0 Å². The molecule has 1 aromatic carbocycles. The van der Waals surface area contributed by atoms with E-state index in [4.69, 9.17) is 4.98 Å². The Labute approximate surface area is 215 Å². The van der Waals surface area contributed by atoms with Gasteiger partial charge in [-0.15, -0.1) is 0 Å². The normalized spacial score (nSPS) is 18.5. The van der Waals surface area contributed by atoms with Crippen molar-refractivity contribution >= 4 is 38.2 Å². The Bertz CT molecular complexity index is 1270. The van der Waals surface area contributed by atoms with E-state index in [1.807, 2.05) is 18.5 Å². The average molecular weight is 510 g/mol. The molecule has 2 aliphatic rings. The van der Waals surface area contributed by atoms with Crippen molar-refractivity contribution in [2.45, 2.75) is 58.8 Å². The smallest absolute Gasteiger partial charge is 0.227 e. The summed E-state index contributed by atoms with van der Waals surface area (Å²) < 4.78 is 21.3. The molecule has 1 saturated carbocycles. The fourth-order valence-electron chi connectivity index (χ4n) is 4.93. The van der Waals surface area contributed by atoms with E-state index in [1.165, 1.54) is 36.5 Å². The molecule has 2 fully saturated rings. The van der Waals surface area contributed by atoms with Gasteiger partial charge < -0.3 is 10.2 Å². The maximum absolute atomic E-state index is 10.6. The van der Waals surface area contributed by atoms with E-state index >= 15 is 0 Å². The number of benzene rings is 1. The van der Waals surface area contributed by atoms with Crippen LogP contribution in [-0.2, 0) is 9.84 Å². The molecule has 0 spiro atoms. The van der Waals surface area contributed by atoms with Crippen LogP contribution in [0, 0.1) is 11.8 Å². The lowest BCUT2D eigenvalue weighted by molar-refractivity contribution is 0.347. The van der Waals surface area contributed by atoms with Crippen LogP contribution in [0.1, 0.15) is 64.4 Å². The lowest BCUT2D eigenvalue weighted by Gasteiger charge is -2.30. The summed E-state index contributed by atoms with van der Waals surface area (Å²) >= 11 is 0. The van der Waals surface area contributed by atoms with Gasteiger partial charge in [0.25, 0.3) is 0 Å². The molecular weight excluding hydrogens is 470 g/mol. The second kappa shape index (κ2) is 11.5. The first-order chi connectivity index (χ1) is 17.2. The number of nitrogens with one attached hydrogen (secondary N) is 1. The first-order valence-electron chi connectivity index (χ1n) is 13.1. The maximum Gasteiger partial charge on any atom is 0.227 e. The van der Waals surface area contributed by atoms with Gasteiger partial charge in [-0.2, -0.15) is 4.98 Å². The van der Waals surface area contributed by atoms with Crippen molar-refractivity contribution < 1.29 is 8.42 Å². The van der Waals surface area contributed by atoms with Gasteiger partial charge in [0.05, 0.1) is 5.75 Å². The zero-order chi connectivity index (χ0) is 25.7. The fraction of sp³-hybridized carbons (Fsp3) is 0.536. The quantitative estimate of drug-likeness (QED) is 0.439. The van der Waals surface area contributed by atoms with Gasteiger partial charge in [-0.1, -0.05) is 45.4 Å². The third-order valence-electron chi connectivity index (χ3n) is 7.02. The third-order valence-corrected chi connectivity index (χ3v) is 8.10. The number of hydrogen-bond acceptors (Lipinski definition) is 7. The van der Waals surface area contributed by atoms with E-state index < -0.39 is 9.84 Å². The molecule has 3 aromatic rings. The second-order valence-electron chi connectivity index (χ2n) is 10.7. The first kappa shape index (κ1) is 26.3. The van der Waals surface area contributed by atoms with Gasteiger partial charge in [-0.3, -0.25) is 0 Å². The molecule has 0 radical (unpaired) electrons. The molecule has 0 amide bonds. The van der Waals surface area contributed by atoms with Gasteiger partial charge in [0.2, 0.25) is 5.95 Å². The lowest BCUT2D eigenvalue weighted by Crippen LogP contribution is -2.35. The van der Waals surface area contributed by atoms with Crippen molar-refractivity contribution in [2.24, 2.45) is 11.8 Å². The molecule has 2 aromatic heterocycles. The second-order valence-corrected chi connectivity index (χ2v) is 12.9. The van der Waals surface area contributed by atoms with Crippen LogP contribution in [0.15, 0.2) is 42.7 Å². The van der Waals surface area contributed by atoms with Gasteiger partial charge in [0.1, 0.15) is 21.5 Å². The molecular formula is C28H39N5O2S. The fourth-order valence-corrected chi connectivity index (χ4v) is 6.12. The molecule has 1 aliphatic heterocycles. The summed E-state index contributed by atoms with van der Waals surface area (Å²) in [6.45, 7) is 8.78. The van der Waals surface area contributed by atoms with E-state index in [1.54, 1.807) is 0 Å². The highest BCUT2D eigenvalue weighted by Crippen LogP contribution is 2.28. The largest absolute Gasteiger partial charge is 0.341 e. The van der Waals surface area contributed by atoms with Gasteiger partial charge >= 0.3 is 0 Å². The number of fused-ring (bicyclic) bond motifs is 1. The minimum Gasteiger partial charge on any atom is -0.341 e. The number of hydrogen-bond donors (Lipinski definition) is 1. The van der Waals surface area contributed by atoms with Crippen LogP contribution in [0.3, 0.4) is 0 Å². The van der Waals surface area contributed by atoms with Crippen molar-refractivity contribution in [3.05, 3.63) is 48.3 Å². The summed E-state index contributed by atoms with van der Waals surface area (Å²) in [6.07, 6.45) is 11.0. The molecule has 8 heteroatoms. The number of nitrogens with zero attached hydrogens (tertiary/aromatic N) is 4. The Hall–Kier alpha value is -2.74. The lowest BCUT2D eigenvalue weighted by atomic mass is 9.87. The standard InChI is InChI=1S/C22H27N5.C6H12O2S/c1-15(2)18-8-4-7-17-13-24-21(12-19(17)18)25-20-9-10-23-22(26-20)27-11-5-6-16(3)14-27;1-9(7,8)5-6-3-2-4-6/h4,7-10,12-13,15-16H,5-6,11,14H2,1-3H3,(H,23,24,25,26);6H,2-5H2,1H3/t16-;/m0./s1. The molecule has 5 rings (SSSR count). The highest BCUT2D eigenvalue weighted by Gasteiger charge is 2.21. The number of aromatic nitrogens is 3. The first-order valence-corrected chi connectivity index (χ1v) is 15.2. The van der Waals surface area contributed by atoms with Crippen molar-refractivity contribution in [1.29, 1.82) is 0 Å². The van der Waals surface area contributed by atoms with Crippen LogP contribution in [0.2, 0.25) is 0 Å². The van der Waals surface area contributed by atoms with E-state index in [0.29, 0.717) is 23.5 Å². The maximum atomic E-state index is 10.6. The predicted octanol–water partition coefficient (Wildman–Crippen LogP) is 5.96. The summed E-state index contributed by atoms with van der Waals surface area (Å²) in [4.78, 5) is 16.1. The Balaban J connectivity index is 0.000000286. The zero-order valence-corrected chi connectivity index (χ0v) is 22.8. The minimum atomic E-state index is -2.68. The highest BCUT2D eigenvalue weighted by atomic mass is 32.2. The topological polar surface area (TPSA) is 88.1 Å². The molecule has 36 heavy (non-hydrogen) atoms. The zero-order valence-electron chi connectivity index (χ0n) is 21.9. The van der Waals surface area contributed by atoms with E-state index in [-0.39, 0.29) is 0 Å². The van der Waals surface area contributed by atoms with Crippen molar-refractivity contribution in [3.63, 3.8) is 0 Å². The Kier molecular flexibility index (Phi) is 8.44. The van der Waals surface area contributed by atoms with Crippen LogP contribution in [-0.4, -0.2) is 48.5 Å². The number of rotatable bonds is 6. The summed E-state index contributed by atoms with van der Waals surface area (Å²) in [5.74, 6) is 4.45. The molecule has 0 unspecified atom stereocenters. The summed E-state index contributed by atoms with van der Waals surface area (Å²) in [5, 5.41) is 5.77. The van der Waals surface area contributed by atoms with Gasteiger partial charge in [0, 0.05) is 37.1 Å². The molecule has 1 aliphatic carbocycles. The van der Waals surface area contributed by atoms with Crippen LogP contribution in [0.4, 0.5) is 17.6 Å². The van der Waals surface area contributed by atoms with Crippen LogP contribution in [0.25, 0.3) is 10.8 Å². The van der Waals surface area contributed by atoms with Gasteiger partial charge in [0.15, 0.2) is 0 Å². The summed E-state index contributed by atoms with van der Waals surface area (Å²) in [5.41, 5.74) is 1.34. The van der Waals surface area contributed by atoms with Crippen molar-refractivity contribution in [2.75, 3.05) is 35.3 Å². The van der Waals surface area contributed by atoms with E-state index in [9.17, 15) is 8.42 Å². The van der Waals surface area contributed by atoms with Gasteiger partial charge in [-0.25, -0.2) is 18.4 Å². The highest BCUT2D eigenvalue weighted by molar-refractivity contribution is 7.90. The molecule has 7 nitrogen and oxygen atoms in total.